The maximum atomic E-state index is 5.65. The molecule has 0 N–H and O–H groups in total. The molecular formula is C9H19NO2. The maximum Gasteiger partial charge on any atom is 0.0714 e. The van der Waals surface area contributed by atoms with Crippen molar-refractivity contribution in [1.29, 1.82) is 0 Å². The Balaban J connectivity index is 1.93. The van der Waals surface area contributed by atoms with E-state index in [1.165, 1.54) is 13.0 Å². The summed E-state index contributed by atoms with van der Waals surface area (Å²) in [5.41, 5.74) is 0. The second-order valence-electron chi connectivity index (χ2n) is 3.39. The summed E-state index contributed by atoms with van der Waals surface area (Å²) in [6.45, 7) is 3.91. The van der Waals surface area contributed by atoms with Crippen molar-refractivity contribution in [3.8, 4) is 0 Å². The highest BCUT2D eigenvalue weighted by molar-refractivity contribution is 4.72. The molecule has 0 spiro atoms. The first kappa shape index (κ1) is 9.96. The van der Waals surface area contributed by atoms with E-state index in [0.717, 1.165) is 26.2 Å². The lowest BCUT2D eigenvalue weighted by molar-refractivity contribution is 0.0463. The highest BCUT2D eigenvalue weighted by Crippen LogP contribution is 2.10. The summed E-state index contributed by atoms with van der Waals surface area (Å²) in [5.74, 6) is 0. The third-order valence-electron chi connectivity index (χ3n) is 2.19. The quantitative estimate of drug-likeness (QED) is 0.572. The average molecular weight is 173 g/mol. The van der Waals surface area contributed by atoms with Gasteiger partial charge in [0, 0.05) is 33.4 Å². The number of nitrogens with zero attached hydrogens (tertiary/aromatic N) is 1. The predicted molar refractivity (Wildman–Crippen MR) is 48.3 cm³/mol. The summed E-state index contributed by atoms with van der Waals surface area (Å²) in [5, 5.41) is 0. The van der Waals surface area contributed by atoms with Crippen molar-refractivity contribution >= 4 is 0 Å². The molecule has 0 aromatic carbocycles. The molecule has 1 atom stereocenters. The lowest BCUT2D eigenvalue weighted by Crippen LogP contribution is -2.19. The van der Waals surface area contributed by atoms with Gasteiger partial charge < -0.3 is 14.4 Å². The van der Waals surface area contributed by atoms with E-state index < -0.39 is 0 Å². The van der Waals surface area contributed by atoms with E-state index in [1.807, 2.05) is 0 Å². The van der Waals surface area contributed by atoms with Crippen LogP contribution in [0.1, 0.15) is 12.8 Å². The zero-order valence-electron chi connectivity index (χ0n) is 8.08. The van der Waals surface area contributed by atoms with Crippen molar-refractivity contribution < 1.29 is 9.47 Å². The Morgan fingerprint density at radius 2 is 2.25 bits per heavy atom. The van der Waals surface area contributed by atoms with Gasteiger partial charge in [0.1, 0.15) is 0 Å². The van der Waals surface area contributed by atoms with Crippen molar-refractivity contribution in [2.45, 2.75) is 18.9 Å². The largest absolute Gasteiger partial charge is 0.385 e. The lowest BCUT2D eigenvalue weighted by Gasteiger charge is -2.11. The van der Waals surface area contributed by atoms with Gasteiger partial charge >= 0.3 is 0 Å². The van der Waals surface area contributed by atoms with Gasteiger partial charge in [-0.15, -0.1) is 0 Å². The van der Waals surface area contributed by atoms with Crippen LogP contribution in [0.15, 0.2) is 0 Å². The Morgan fingerprint density at radius 3 is 2.83 bits per heavy atom. The molecule has 1 saturated heterocycles. The van der Waals surface area contributed by atoms with Crippen molar-refractivity contribution in [2.75, 3.05) is 40.5 Å². The Labute approximate surface area is 74.6 Å². The third kappa shape index (κ3) is 3.52. The molecule has 1 unspecified atom stereocenters. The molecule has 3 heteroatoms. The van der Waals surface area contributed by atoms with Crippen LogP contribution in [-0.2, 0) is 9.47 Å². The number of likely N-dealkylation sites (N-methyl/N-ethyl adjacent to an activating group) is 1. The topological polar surface area (TPSA) is 21.7 Å². The molecule has 0 bridgehead atoms. The van der Waals surface area contributed by atoms with E-state index in [-0.39, 0.29) is 0 Å². The van der Waals surface area contributed by atoms with Crippen molar-refractivity contribution in [2.24, 2.45) is 0 Å². The molecule has 1 heterocycles. The van der Waals surface area contributed by atoms with Crippen LogP contribution >= 0.6 is 0 Å². The fraction of sp³-hybridized carbons (Fsp3) is 1.00. The normalized spacial score (nSPS) is 25.0. The highest BCUT2D eigenvalue weighted by Gasteiger charge is 2.19. The van der Waals surface area contributed by atoms with E-state index in [9.17, 15) is 0 Å². The minimum Gasteiger partial charge on any atom is -0.385 e. The summed E-state index contributed by atoms with van der Waals surface area (Å²) in [4.78, 5) is 2.31. The number of methoxy groups -OCH3 is 1. The van der Waals surface area contributed by atoms with Gasteiger partial charge in [0.2, 0.25) is 0 Å². The Hall–Kier alpha value is -0.120. The van der Waals surface area contributed by atoms with Crippen LogP contribution in [0.5, 0.6) is 0 Å². The molecule has 1 aliphatic rings. The number of ether oxygens (including phenoxy) is 2. The number of rotatable bonds is 5. The second-order valence-corrected chi connectivity index (χ2v) is 3.39. The van der Waals surface area contributed by atoms with Gasteiger partial charge in [0.05, 0.1) is 6.10 Å². The molecule has 0 radical (unpaired) electrons. The number of likely N-dealkylation sites (tertiary alicyclic amines) is 1. The van der Waals surface area contributed by atoms with Gasteiger partial charge in [-0.3, -0.25) is 0 Å². The first-order valence-corrected chi connectivity index (χ1v) is 4.62. The zero-order valence-corrected chi connectivity index (χ0v) is 8.08. The van der Waals surface area contributed by atoms with Crippen LogP contribution in [0.2, 0.25) is 0 Å². The van der Waals surface area contributed by atoms with Crippen molar-refractivity contribution in [3.05, 3.63) is 0 Å². The fourth-order valence-electron chi connectivity index (χ4n) is 1.48. The molecule has 12 heavy (non-hydrogen) atoms. The van der Waals surface area contributed by atoms with Crippen LogP contribution in [0.25, 0.3) is 0 Å². The van der Waals surface area contributed by atoms with E-state index in [4.69, 9.17) is 9.47 Å². The molecular weight excluding hydrogens is 154 g/mol. The average Bonchev–Trinajstić information content (AvgIpc) is 2.45. The van der Waals surface area contributed by atoms with Crippen molar-refractivity contribution in [3.63, 3.8) is 0 Å². The van der Waals surface area contributed by atoms with E-state index in [0.29, 0.717) is 6.10 Å². The van der Waals surface area contributed by atoms with Crippen LogP contribution < -0.4 is 0 Å². The van der Waals surface area contributed by atoms with Crippen LogP contribution in [0.4, 0.5) is 0 Å². The molecule has 0 amide bonds. The molecule has 0 aromatic heterocycles. The molecule has 0 aromatic rings. The summed E-state index contributed by atoms with van der Waals surface area (Å²) in [6.07, 6.45) is 2.66. The first-order valence-electron chi connectivity index (χ1n) is 4.62. The first-order chi connectivity index (χ1) is 5.83. The minimum absolute atomic E-state index is 0.465. The third-order valence-corrected chi connectivity index (χ3v) is 2.19. The monoisotopic (exact) mass is 173 g/mol. The van der Waals surface area contributed by atoms with Crippen LogP contribution in [-0.4, -0.2) is 51.5 Å². The molecule has 72 valence electrons. The van der Waals surface area contributed by atoms with Gasteiger partial charge in [-0.05, 0) is 19.9 Å². The molecule has 0 aliphatic carbocycles. The lowest BCUT2D eigenvalue weighted by atomic mass is 10.3. The summed E-state index contributed by atoms with van der Waals surface area (Å²) in [7, 11) is 3.86. The van der Waals surface area contributed by atoms with E-state index >= 15 is 0 Å². The smallest absolute Gasteiger partial charge is 0.0714 e. The van der Waals surface area contributed by atoms with E-state index in [1.54, 1.807) is 7.11 Å². The van der Waals surface area contributed by atoms with Crippen molar-refractivity contribution in [1.82, 2.24) is 4.90 Å². The Morgan fingerprint density at radius 1 is 1.42 bits per heavy atom. The highest BCUT2D eigenvalue weighted by atomic mass is 16.5. The molecule has 0 saturated carbocycles. The van der Waals surface area contributed by atoms with Gasteiger partial charge in [0.15, 0.2) is 0 Å². The molecule has 1 aliphatic heterocycles. The maximum absolute atomic E-state index is 5.65. The standard InChI is InChI=1S/C9H19NO2/c1-10-5-4-9(8-10)12-7-3-6-11-2/h9H,3-8H2,1-2H3. The van der Waals surface area contributed by atoms with Gasteiger partial charge in [-0.25, -0.2) is 0 Å². The Bertz CT molecular complexity index is 119. The molecule has 3 nitrogen and oxygen atoms in total. The second kappa shape index (κ2) is 5.51. The van der Waals surface area contributed by atoms with E-state index in [2.05, 4.69) is 11.9 Å². The Kier molecular flexibility index (Phi) is 4.58. The SMILES string of the molecule is COCCCOC1CCN(C)C1. The van der Waals surface area contributed by atoms with Gasteiger partial charge in [-0.2, -0.15) is 0 Å². The summed E-state index contributed by atoms with van der Waals surface area (Å²) in [6, 6.07) is 0. The molecule has 1 rings (SSSR count). The number of hydrogen-bond donors (Lipinski definition) is 0. The van der Waals surface area contributed by atoms with Gasteiger partial charge in [-0.1, -0.05) is 0 Å². The van der Waals surface area contributed by atoms with Crippen LogP contribution in [0.3, 0.4) is 0 Å². The summed E-state index contributed by atoms with van der Waals surface area (Å²) < 4.78 is 10.6. The minimum atomic E-state index is 0.465. The van der Waals surface area contributed by atoms with Gasteiger partial charge in [0.25, 0.3) is 0 Å². The predicted octanol–water partition coefficient (Wildman–Crippen LogP) is 0.744. The fourth-order valence-corrected chi connectivity index (χ4v) is 1.48. The summed E-state index contributed by atoms with van der Waals surface area (Å²) >= 11 is 0. The van der Waals surface area contributed by atoms with Crippen LogP contribution in [0, 0.1) is 0 Å². The zero-order chi connectivity index (χ0) is 8.81. The molecule has 1 fully saturated rings. The number of hydrogen-bond acceptors (Lipinski definition) is 3.